The third-order valence-electron chi connectivity index (χ3n) is 1.68. The van der Waals surface area contributed by atoms with Crippen LogP contribution in [0.15, 0.2) is 12.3 Å². The number of hydrogen-bond acceptors (Lipinski definition) is 2. The first-order valence-electron chi connectivity index (χ1n) is 3.21. The fourth-order valence-corrected chi connectivity index (χ4v) is 1.39. The summed E-state index contributed by atoms with van der Waals surface area (Å²) in [7, 11) is 0. The van der Waals surface area contributed by atoms with E-state index in [1.54, 1.807) is 6.20 Å². The summed E-state index contributed by atoms with van der Waals surface area (Å²) in [6.45, 7) is 1.72. The molecule has 0 saturated carbocycles. The van der Waals surface area contributed by atoms with Crippen molar-refractivity contribution in [2.24, 2.45) is 0 Å². The summed E-state index contributed by atoms with van der Waals surface area (Å²) in [6.07, 6.45) is 1.74. The zero-order valence-electron chi connectivity index (χ0n) is 5.80. The smallest absolute Gasteiger partial charge is 0.0601 e. The van der Waals surface area contributed by atoms with Gasteiger partial charge in [0.1, 0.15) is 0 Å². The van der Waals surface area contributed by atoms with Crippen LogP contribution < -0.4 is 5.32 Å². The van der Waals surface area contributed by atoms with Gasteiger partial charge in [0.15, 0.2) is 0 Å². The van der Waals surface area contributed by atoms with Crippen molar-refractivity contribution in [3.05, 3.63) is 28.5 Å². The molecule has 0 spiro atoms. The van der Waals surface area contributed by atoms with E-state index in [0.29, 0.717) is 0 Å². The number of fused-ring (bicyclic) bond motifs is 1. The molecule has 0 bridgehead atoms. The number of nitrogens with one attached hydrogen (secondary N) is 1. The number of halogens is 2. The maximum atomic E-state index is 5.89. The summed E-state index contributed by atoms with van der Waals surface area (Å²) in [6, 6.07) is 1.83. The zero-order chi connectivity index (χ0) is 6.97. The Hall–Kier alpha value is -0.310. The van der Waals surface area contributed by atoms with Crippen LogP contribution in [0.3, 0.4) is 0 Å². The predicted octanol–water partition coefficient (Wildman–Crippen LogP) is 1.76. The summed E-state index contributed by atoms with van der Waals surface area (Å²) < 4.78 is 0. The van der Waals surface area contributed by atoms with Gasteiger partial charge in [-0.05, 0) is 6.07 Å². The summed E-state index contributed by atoms with van der Waals surface area (Å²) in [5, 5.41) is 4.01. The zero-order valence-corrected chi connectivity index (χ0v) is 7.37. The first kappa shape index (κ1) is 8.78. The molecule has 0 aliphatic carbocycles. The minimum Gasteiger partial charge on any atom is -0.307 e. The van der Waals surface area contributed by atoms with Crippen molar-refractivity contribution in [2.45, 2.75) is 13.1 Å². The van der Waals surface area contributed by atoms with Crippen molar-refractivity contribution < 1.29 is 0 Å². The van der Waals surface area contributed by atoms with E-state index in [0.717, 1.165) is 29.4 Å². The van der Waals surface area contributed by atoms with Crippen LogP contribution in [0.4, 0.5) is 0 Å². The second-order valence-corrected chi connectivity index (χ2v) is 2.73. The van der Waals surface area contributed by atoms with Gasteiger partial charge in [0, 0.05) is 29.9 Å². The standard InChI is InChI=1S/C7H7ClN2.ClH/c8-6-1-2-10-7-4-9-3-5(6)7;/h1-2,9H,3-4H2;1H. The molecule has 4 heteroatoms. The Balaban J connectivity index is 0.000000605. The number of aromatic nitrogens is 1. The van der Waals surface area contributed by atoms with Crippen molar-refractivity contribution in [3.63, 3.8) is 0 Å². The number of hydrogen-bond donors (Lipinski definition) is 1. The Kier molecular flexibility index (Phi) is 2.71. The average Bonchev–Trinajstić information content (AvgIpc) is 2.36. The lowest BCUT2D eigenvalue weighted by atomic mass is 10.2. The molecule has 1 aliphatic rings. The monoisotopic (exact) mass is 190 g/mol. The highest BCUT2D eigenvalue weighted by molar-refractivity contribution is 6.31. The second kappa shape index (κ2) is 3.39. The van der Waals surface area contributed by atoms with Gasteiger partial charge in [-0.1, -0.05) is 11.6 Å². The lowest BCUT2D eigenvalue weighted by Gasteiger charge is -1.96. The number of nitrogens with zero attached hydrogens (tertiary/aromatic N) is 1. The van der Waals surface area contributed by atoms with Crippen LogP contribution in [0.2, 0.25) is 5.02 Å². The fraction of sp³-hybridized carbons (Fsp3) is 0.286. The average molecular weight is 191 g/mol. The third kappa shape index (κ3) is 1.48. The van der Waals surface area contributed by atoms with E-state index < -0.39 is 0 Å². The van der Waals surface area contributed by atoms with Gasteiger partial charge in [0.2, 0.25) is 0 Å². The molecular formula is C7H8Cl2N2. The maximum absolute atomic E-state index is 5.89. The minimum atomic E-state index is 0. The van der Waals surface area contributed by atoms with Gasteiger partial charge in [-0.25, -0.2) is 0 Å². The lowest BCUT2D eigenvalue weighted by molar-refractivity contribution is 0.757. The van der Waals surface area contributed by atoms with Crippen LogP contribution in [-0.2, 0) is 13.1 Å². The van der Waals surface area contributed by atoms with Crippen molar-refractivity contribution in [1.29, 1.82) is 0 Å². The molecular weight excluding hydrogens is 183 g/mol. The Morgan fingerprint density at radius 1 is 1.45 bits per heavy atom. The highest BCUT2D eigenvalue weighted by atomic mass is 35.5. The van der Waals surface area contributed by atoms with Gasteiger partial charge in [-0.2, -0.15) is 0 Å². The molecule has 0 fully saturated rings. The van der Waals surface area contributed by atoms with E-state index in [-0.39, 0.29) is 12.4 Å². The highest BCUT2D eigenvalue weighted by Gasteiger charge is 2.12. The molecule has 0 unspecified atom stereocenters. The van der Waals surface area contributed by atoms with Crippen molar-refractivity contribution in [3.8, 4) is 0 Å². The van der Waals surface area contributed by atoms with Crippen LogP contribution in [-0.4, -0.2) is 4.98 Å². The third-order valence-corrected chi connectivity index (χ3v) is 2.04. The van der Waals surface area contributed by atoms with Gasteiger partial charge in [0.25, 0.3) is 0 Å². The van der Waals surface area contributed by atoms with Gasteiger partial charge < -0.3 is 5.32 Å². The molecule has 0 radical (unpaired) electrons. The summed E-state index contributed by atoms with van der Waals surface area (Å²) in [5.74, 6) is 0. The topological polar surface area (TPSA) is 24.9 Å². The molecule has 60 valence electrons. The molecule has 1 N–H and O–H groups in total. The molecule has 0 amide bonds. The Morgan fingerprint density at radius 3 is 3.00 bits per heavy atom. The van der Waals surface area contributed by atoms with Gasteiger partial charge in [-0.15, -0.1) is 12.4 Å². The Morgan fingerprint density at radius 2 is 2.27 bits per heavy atom. The first-order chi connectivity index (χ1) is 4.88. The fourth-order valence-electron chi connectivity index (χ4n) is 1.15. The second-order valence-electron chi connectivity index (χ2n) is 2.32. The normalized spacial score (nSPS) is 13.9. The SMILES string of the molecule is Cl.Clc1ccnc2c1CNC2. The van der Waals surface area contributed by atoms with E-state index >= 15 is 0 Å². The van der Waals surface area contributed by atoms with Gasteiger partial charge >= 0.3 is 0 Å². The van der Waals surface area contributed by atoms with Crippen LogP contribution in [0.1, 0.15) is 11.3 Å². The Bertz CT molecular complexity index is 263. The minimum absolute atomic E-state index is 0. The first-order valence-corrected chi connectivity index (χ1v) is 3.58. The van der Waals surface area contributed by atoms with E-state index in [2.05, 4.69) is 10.3 Å². The van der Waals surface area contributed by atoms with Crippen LogP contribution >= 0.6 is 24.0 Å². The maximum Gasteiger partial charge on any atom is 0.0601 e. The van der Waals surface area contributed by atoms with Gasteiger partial charge in [-0.3, -0.25) is 4.98 Å². The molecule has 2 nitrogen and oxygen atoms in total. The van der Waals surface area contributed by atoms with Crippen LogP contribution in [0.5, 0.6) is 0 Å². The van der Waals surface area contributed by atoms with Crippen LogP contribution in [0.25, 0.3) is 0 Å². The van der Waals surface area contributed by atoms with E-state index in [4.69, 9.17) is 11.6 Å². The summed E-state index contributed by atoms with van der Waals surface area (Å²) >= 11 is 5.89. The molecule has 2 rings (SSSR count). The summed E-state index contributed by atoms with van der Waals surface area (Å²) in [5.41, 5.74) is 2.25. The van der Waals surface area contributed by atoms with Gasteiger partial charge in [0.05, 0.1) is 5.69 Å². The van der Waals surface area contributed by atoms with E-state index in [1.807, 2.05) is 6.07 Å². The molecule has 11 heavy (non-hydrogen) atoms. The molecule has 0 atom stereocenters. The molecule has 1 aromatic heterocycles. The largest absolute Gasteiger partial charge is 0.307 e. The summed E-state index contributed by atoms with van der Waals surface area (Å²) in [4.78, 5) is 4.17. The lowest BCUT2D eigenvalue weighted by Crippen LogP contribution is -2.00. The quantitative estimate of drug-likeness (QED) is 0.675. The molecule has 1 aromatic rings. The molecule has 1 aliphatic heterocycles. The van der Waals surface area contributed by atoms with Crippen LogP contribution in [0, 0.1) is 0 Å². The van der Waals surface area contributed by atoms with E-state index in [9.17, 15) is 0 Å². The van der Waals surface area contributed by atoms with Crippen molar-refractivity contribution in [1.82, 2.24) is 10.3 Å². The number of rotatable bonds is 0. The number of pyridine rings is 1. The highest BCUT2D eigenvalue weighted by Crippen LogP contribution is 2.21. The molecule has 2 heterocycles. The van der Waals surface area contributed by atoms with Crippen molar-refractivity contribution in [2.75, 3.05) is 0 Å². The molecule has 0 aromatic carbocycles. The Labute approximate surface area is 76.4 Å². The predicted molar refractivity (Wildman–Crippen MR) is 47.0 cm³/mol. The molecule has 0 saturated heterocycles. The van der Waals surface area contributed by atoms with E-state index in [1.165, 1.54) is 0 Å². The van der Waals surface area contributed by atoms with Crippen molar-refractivity contribution >= 4 is 24.0 Å².